The molecule has 1 fully saturated rings. The van der Waals surface area contributed by atoms with Gasteiger partial charge in [0.05, 0.1) is 5.39 Å². The molecule has 1 saturated heterocycles. The first-order chi connectivity index (χ1) is 14.5. The Bertz CT molecular complexity index is 1290. The number of carbonyl (C=O) groups is 1. The number of carbonyl (C=O) groups excluding carboxylic acids is 1. The highest BCUT2D eigenvalue weighted by atomic mass is 32.2. The lowest BCUT2D eigenvalue weighted by molar-refractivity contribution is 0.0956. The zero-order chi connectivity index (χ0) is 20.8. The number of amides is 1. The van der Waals surface area contributed by atoms with Gasteiger partial charge in [-0.2, -0.15) is 4.72 Å². The second-order valence-electron chi connectivity index (χ2n) is 7.29. The Morgan fingerprint density at radius 3 is 2.80 bits per heavy atom. The van der Waals surface area contributed by atoms with E-state index in [1.54, 1.807) is 30.6 Å². The predicted molar refractivity (Wildman–Crippen MR) is 113 cm³/mol. The first kappa shape index (κ1) is 18.9. The Balaban J connectivity index is 1.43. The van der Waals surface area contributed by atoms with Gasteiger partial charge in [0.2, 0.25) is 0 Å². The van der Waals surface area contributed by atoms with Gasteiger partial charge in [-0.3, -0.25) is 9.78 Å². The molecule has 1 aliphatic rings. The number of aromatic nitrogens is 1. The topological polar surface area (TPSA) is 81.4 Å². The Labute approximate surface area is 175 Å². The maximum absolute atomic E-state index is 14.5. The Morgan fingerprint density at radius 2 is 2.03 bits per heavy atom. The van der Waals surface area contributed by atoms with E-state index >= 15 is 0 Å². The second kappa shape index (κ2) is 7.30. The summed E-state index contributed by atoms with van der Waals surface area (Å²) < 4.78 is 35.4. The van der Waals surface area contributed by atoms with Gasteiger partial charge in [-0.15, -0.1) is 0 Å². The van der Waals surface area contributed by atoms with Gasteiger partial charge in [-0.05, 0) is 37.1 Å². The molecule has 6 nitrogen and oxygen atoms in total. The average molecular weight is 423 g/mol. The molecule has 3 heterocycles. The van der Waals surface area contributed by atoms with E-state index in [0.29, 0.717) is 10.5 Å². The number of aryl methyl sites for hydroxylation is 1. The van der Waals surface area contributed by atoms with Crippen LogP contribution in [0.15, 0.2) is 58.1 Å². The van der Waals surface area contributed by atoms with Crippen molar-refractivity contribution in [2.75, 3.05) is 18.0 Å². The zero-order valence-electron chi connectivity index (χ0n) is 16.1. The van der Waals surface area contributed by atoms with E-state index in [2.05, 4.69) is 9.71 Å². The number of nitrogens with one attached hydrogen (secondary N) is 1. The minimum atomic E-state index is -1.82. The van der Waals surface area contributed by atoms with Gasteiger partial charge < -0.3 is 13.9 Å². The summed E-state index contributed by atoms with van der Waals surface area (Å²) in [4.78, 5) is 19.3. The van der Waals surface area contributed by atoms with E-state index in [4.69, 9.17) is 4.42 Å². The number of benzene rings is 2. The molecule has 0 bridgehead atoms. The Hall–Kier alpha value is -3.10. The first-order valence-corrected chi connectivity index (χ1v) is 10.7. The van der Waals surface area contributed by atoms with Crippen LogP contribution in [0.2, 0.25) is 0 Å². The molecule has 1 unspecified atom stereocenters. The standard InChI is InChI=1S/C22H18FN3O3S/c1-13-3-4-21(15-5-6-24-12-17(13)15)30(28)25-22(27)20-11-16-18(23)9-14(10-19(16)29-20)26-7-2-8-26/h3-6,9-12H,2,7-8H2,1H3,(H,25,27). The summed E-state index contributed by atoms with van der Waals surface area (Å²) in [5.41, 5.74) is 2.02. The average Bonchev–Trinajstić information content (AvgIpc) is 3.12. The van der Waals surface area contributed by atoms with Crippen molar-refractivity contribution in [1.29, 1.82) is 0 Å². The second-order valence-corrected chi connectivity index (χ2v) is 8.47. The molecule has 1 N–H and O–H groups in total. The molecule has 2 aromatic heterocycles. The van der Waals surface area contributed by atoms with Crippen LogP contribution < -0.4 is 9.62 Å². The molecule has 8 heteroatoms. The van der Waals surface area contributed by atoms with Crippen molar-refractivity contribution in [2.45, 2.75) is 18.2 Å². The fraction of sp³-hybridized carbons (Fsp3) is 0.182. The van der Waals surface area contributed by atoms with Gasteiger partial charge in [-0.1, -0.05) is 6.07 Å². The largest absolute Gasteiger partial charge is 0.588 e. The monoisotopic (exact) mass is 423 g/mol. The summed E-state index contributed by atoms with van der Waals surface area (Å²) in [6.45, 7) is 3.68. The van der Waals surface area contributed by atoms with Gasteiger partial charge in [0, 0.05) is 54.1 Å². The molecule has 5 rings (SSSR count). The maximum Gasteiger partial charge on any atom is 0.328 e. The maximum atomic E-state index is 14.5. The molecule has 0 spiro atoms. The van der Waals surface area contributed by atoms with Crippen molar-refractivity contribution >= 4 is 44.7 Å². The summed E-state index contributed by atoms with van der Waals surface area (Å²) >= 11 is -1.82. The highest BCUT2D eigenvalue weighted by Gasteiger charge is 2.24. The molecule has 0 radical (unpaired) electrons. The van der Waals surface area contributed by atoms with Crippen LogP contribution in [-0.4, -0.2) is 28.5 Å². The minimum Gasteiger partial charge on any atom is -0.588 e. The molecular formula is C22H18FN3O3S. The predicted octanol–water partition coefficient (Wildman–Crippen LogP) is 4.09. The highest BCUT2D eigenvalue weighted by molar-refractivity contribution is 7.90. The number of anilines is 1. The molecule has 0 saturated carbocycles. The van der Waals surface area contributed by atoms with Crippen LogP contribution in [0.5, 0.6) is 0 Å². The number of halogens is 1. The molecule has 1 amide bonds. The fourth-order valence-corrected chi connectivity index (χ4v) is 4.55. The van der Waals surface area contributed by atoms with Crippen LogP contribution in [0.4, 0.5) is 10.1 Å². The lowest BCUT2D eigenvalue weighted by Gasteiger charge is -2.33. The van der Waals surface area contributed by atoms with Crippen LogP contribution in [0.25, 0.3) is 21.7 Å². The Morgan fingerprint density at radius 1 is 1.20 bits per heavy atom. The molecule has 0 aliphatic carbocycles. The SMILES string of the molecule is Cc1ccc([S+]([O-])NC(=O)c2cc3c(F)cc(N4CCC4)cc3o2)c2ccncc12. The van der Waals surface area contributed by atoms with Crippen molar-refractivity contribution in [2.24, 2.45) is 0 Å². The number of hydrogen-bond acceptors (Lipinski definition) is 5. The van der Waals surface area contributed by atoms with Crippen LogP contribution in [0, 0.1) is 12.7 Å². The third kappa shape index (κ3) is 3.18. The number of nitrogens with zero attached hydrogens (tertiary/aromatic N) is 2. The van der Waals surface area contributed by atoms with Crippen LogP contribution in [-0.2, 0) is 11.4 Å². The van der Waals surface area contributed by atoms with Gasteiger partial charge in [0.15, 0.2) is 10.7 Å². The van der Waals surface area contributed by atoms with E-state index in [0.717, 1.165) is 41.5 Å². The van der Waals surface area contributed by atoms with Gasteiger partial charge in [0.25, 0.3) is 0 Å². The third-order valence-electron chi connectivity index (χ3n) is 5.40. The smallest absolute Gasteiger partial charge is 0.328 e. The minimum absolute atomic E-state index is 0.0870. The van der Waals surface area contributed by atoms with E-state index in [1.165, 1.54) is 12.1 Å². The van der Waals surface area contributed by atoms with Gasteiger partial charge in [0.1, 0.15) is 22.8 Å². The van der Waals surface area contributed by atoms with Gasteiger partial charge >= 0.3 is 5.91 Å². The van der Waals surface area contributed by atoms with Crippen molar-refractivity contribution in [3.63, 3.8) is 0 Å². The lowest BCUT2D eigenvalue weighted by atomic mass is 10.1. The van der Waals surface area contributed by atoms with Crippen LogP contribution in [0.3, 0.4) is 0 Å². The fourth-order valence-electron chi connectivity index (χ4n) is 3.61. The van der Waals surface area contributed by atoms with E-state index in [9.17, 15) is 13.7 Å². The molecule has 1 atom stereocenters. The number of pyridine rings is 1. The van der Waals surface area contributed by atoms with Crippen molar-refractivity contribution < 1.29 is 18.2 Å². The lowest BCUT2D eigenvalue weighted by Crippen LogP contribution is -2.36. The normalized spacial score (nSPS) is 14.7. The summed E-state index contributed by atoms with van der Waals surface area (Å²) in [7, 11) is 0. The zero-order valence-corrected chi connectivity index (χ0v) is 17.0. The van der Waals surface area contributed by atoms with Crippen molar-refractivity contribution in [3.05, 3.63) is 65.9 Å². The molecule has 152 valence electrons. The number of hydrogen-bond donors (Lipinski definition) is 1. The number of rotatable bonds is 4. The quantitative estimate of drug-likeness (QED) is 0.500. The summed E-state index contributed by atoms with van der Waals surface area (Å²) in [6.07, 6.45) is 4.38. The molecule has 30 heavy (non-hydrogen) atoms. The number of furan rings is 1. The van der Waals surface area contributed by atoms with Crippen molar-refractivity contribution in [3.8, 4) is 0 Å². The molecule has 1 aliphatic heterocycles. The van der Waals surface area contributed by atoms with E-state index < -0.39 is 23.1 Å². The third-order valence-corrected chi connectivity index (χ3v) is 6.52. The van der Waals surface area contributed by atoms with Crippen LogP contribution >= 0.6 is 0 Å². The first-order valence-electron chi connectivity index (χ1n) is 9.55. The van der Waals surface area contributed by atoms with Crippen molar-refractivity contribution in [1.82, 2.24) is 9.71 Å². The molecule has 2 aromatic carbocycles. The van der Waals surface area contributed by atoms with E-state index in [1.807, 2.05) is 17.9 Å². The highest BCUT2D eigenvalue weighted by Crippen LogP contribution is 2.31. The molecule has 4 aromatic rings. The Kier molecular flexibility index (Phi) is 4.60. The summed E-state index contributed by atoms with van der Waals surface area (Å²) in [6, 6.07) is 9.82. The molecular weight excluding hydrogens is 405 g/mol. The van der Waals surface area contributed by atoms with E-state index in [-0.39, 0.29) is 11.1 Å². The van der Waals surface area contributed by atoms with Gasteiger partial charge in [-0.25, -0.2) is 4.39 Å². The van der Waals surface area contributed by atoms with Crippen LogP contribution in [0.1, 0.15) is 22.5 Å². The summed E-state index contributed by atoms with van der Waals surface area (Å²) in [5, 5.41) is 1.84. The number of fused-ring (bicyclic) bond motifs is 2. The summed E-state index contributed by atoms with van der Waals surface area (Å²) in [5.74, 6) is -1.20.